The number of aliphatic hydroxyl groups excluding tert-OH is 2. The first kappa shape index (κ1) is 21.6. The summed E-state index contributed by atoms with van der Waals surface area (Å²) in [5.74, 6) is 3.42. The van der Waals surface area contributed by atoms with Crippen LogP contribution in [0.25, 0.3) is 0 Å². The number of carbonyl (C=O) groups excluding carboxylic acids is 1. The normalized spacial score (nSPS) is 50.2. The molecule has 0 unspecified atom stereocenters. The van der Waals surface area contributed by atoms with Gasteiger partial charge in [-0.3, -0.25) is 4.79 Å². The van der Waals surface area contributed by atoms with Crippen molar-refractivity contribution in [3.8, 4) is 0 Å². The Morgan fingerprint density at radius 1 is 1.00 bits per heavy atom. The zero-order valence-corrected chi connectivity index (χ0v) is 18.9. The van der Waals surface area contributed by atoms with Gasteiger partial charge in [-0.05, 0) is 104 Å². The highest BCUT2D eigenvalue weighted by molar-refractivity contribution is 5.69. The lowest BCUT2D eigenvalue weighted by Crippen LogP contribution is -2.58. The summed E-state index contributed by atoms with van der Waals surface area (Å²) in [6.45, 7) is 7.28. The highest BCUT2D eigenvalue weighted by atomic mass is 16.5. The van der Waals surface area contributed by atoms with Gasteiger partial charge in [0.25, 0.3) is 0 Å². The number of fused-ring (bicyclic) bond motifs is 5. The Morgan fingerprint density at radius 2 is 1.69 bits per heavy atom. The number of methoxy groups -OCH3 is 1. The van der Waals surface area contributed by atoms with Gasteiger partial charge in [0.05, 0.1) is 19.3 Å². The van der Waals surface area contributed by atoms with E-state index in [1.807, 2.05) is 0 Å². The molecule has 0 aromatic carbocycles. The molecule has 4 aliphatic carbocycles. The number of hydrogen-bond donors (Lipinski definition) is 2. The predicted molar refractivity (Wildman–Crippen MR) is 113 cm³/mol. The van der Waals surface area contributed by atoms with Crippen molar-refractivity contribution in [2.24, 2.45) is 46.3 Å². The molecule has 4 aliphatic rings. The standard InChI is InChI=1S/C25H42O4/c1-15(5-8-23(28)29-4)18-6-7-19-17-14-22(27)21-13-16(26)9-11-25(21,3)20(17)10-12-24(18,19)2/h15-22,26-27H,5-14H2,1-4H3/t15-,16-,17+,18-,19+,20+,21+,22-,24+,25+/m0/s1. The second kappa shape index (κ2) is 7.82. The number of esters is 1. The Hall–Kier alpha value is -0.610. The number of hydrogen-bond acceptors (Lipinski definition) is 4. The average molecular weight is 407 g/mol. The monoisotopic (exact) mass is 406 g/mol. The molecule has 0 heterocycles. The van der Waals surface area contributed by atoms with E-state index in [4.69, 9.17) is 4.74 Å². The lowest BCUT2D eigenvalue weighted by Gasteiger charge is -2.62. The van der Waals surface area contributed by atoms with Gasteiger partial charge in [-0.25, -0.2) is 0 Å². The molecule has 4 nitrogen and oxygen atoms in total. The molecule has 29 heavy (non-hydrogen) atoms. The van der Waals surface area contributed by atoms with Crippen molar-refractivity contribution < 1.29 is 19.7 Å². The van der Waals surface area contributed by atoms with E-state index in [1.165, 1.54) is 32.8 Å². The Morgan fingerprint density at radius 3 is 2.41 bits per heavy atom. The van der Waals surface area contributed by atoms with Crippen molar-refractivity contribution in [2.45, 2.75) is 97.2 Å². The second-order valence-electron chi connectivity index (χ2n) is 11.5. The van der Waals surface area contributed by atoms with Gasteiger partial charge in [-0.15, -0.1) is 0 Å². The van der Waals surface area contributed by atoms with Gasteiger partial charge < -0.3 is 14.9 Å². The fraction of sp³-hybridized carbons (Fsp3) is 0.960. The van der Waals surface area contributed by atoms with Gasteiger partial charge in [-0.2, -0.15) is 0 Å². The lowest BCUT2D eigenvalue weighted by atomic mass is 9.44. The van der Waals surface area contributed by atoms with Crippen molar-refractivity contribution >= 4 is 5.97 Å². The number of ether oxygens (including phenoxy) is 1. The van der Waals surface area contributed by atoms with Crippen LogP contribution in [0.5, 0.6) is 0 Å². The summed E-state index contributed by atoms with van der Waals surface area (Å²) in [4.78, 5) is 11.6. The molecule has 0 aliphatic heterocycles. The van der Waals surface area contributed by atoms with Crippen LogP contribution >= 0.6 is 0 Å². The van der Waals surface area contributed by atoms with E-state index in [0.29, 0.717) is 41.4 Å². The molecular weight excluding hydrogens is 364 g/mol. The van der Waals surface area contributed by atoms with Crippen LogP contribution in [0.15, 0.2) is 0 Å². The molecular formula is C25H42O4. The van der Waals surface area contributed by atoms with Crippen molar-refractivity contribution in [1.29, 1.82) is 0 Å². The molecule has 0 bridgehead atoms. The molecule has 4 saturated carbocycles. The third kappa shape index (κ3) is 3.46. The zero-order valence-electron chi connectivity index (χ0n) is 18.9. The quantitative estimate of drug-likeness (QED) is 0.671. The van der Waals surface area contributed by atoms with Crippen LogP contribution in [0.2, 0.25) is 0 Å². The van der Waals surface area contributed by atoms with Crippen LogP contribution in [-0.4, -0.2) is 35.5 Å². The fourth-order valence-corrected chi connectivity index (χ4v) is 8.90. The largest absolute Gasteiger partial charge is 0.469 e. The molecule has 0 radical (unpaired) electrons. The highest BCUT2D eigenvalue weighted by Gasteiger charge is 2.62. The molecule has 10 atom stereocenters. The van der Waals surface area contributed by atoms with E-state index in [-0.39, 0.29) is 29.5 Å². The van der Waals surface area contributed by atoms with Crippen LogP contribution in [0.1, 0.15) is 85.0 Å². The first-order valence-electron chi connectivity index (χ1n) is 12.1. The van der Waals surface area contributed by atoms with Gasteiger partial charge in [0, 0.05) is 6.42 Å². The van der Waals surface area contributed by atoms with E-state index in [2.05, 4.69) is 20.8 Å². The first-order valence-corrected chi connectivity index (χ1v) is 12.1. The smallest absolute Gasteiger partial charge is 0.305 e. The van der Waals surface area contributed by atoms with Crippen LogP contribution in [0.4, 0.5) is 0 Å². The summed E-state index contributed by atoms with van der Waals surface area (Å²) in [5, 5.41) is 21.3. The summed E-state index contributed by atoms with van der Waals surface area (Å²) < 4.78 is 4.86. The van der Waals surface area contributed by atoms with E-state index in [0.717, 1.165) is 32.1 Å². The maximum absolute atomic E-state index is 11.6. The van der Waals surface area contributed by atoms with Crippen molar-refractivity contribution in [3.05, 3.63) is 0 Å². The Kier molecular flexibility index (Phi) is 5.83. The average Bonchev–Trinajstić information content (AvgIpc) is 3.05. The number of rotatable bonds is 4. The topological polar surface area (TPSA) is 66.8 Å². The fourth-order valence-electron chi connectivity index (χ4n) is 8.90. The van der Waals surface area contributed by atoms with Gasteiger partial charge in [0.15, 0.2) is 0 Å². The molecule has 2 N–H and O–H groups in total. The van der Waals surface area contributed by atoms with Crippen LogP contribution < -0.4 is 0 Å². The maximum atomic E-state index is 11.6. The number of carbonyl (C=O) groups is 1. The van der Waals surface area contributed by atoms with Crippen molar-refractivity contribution in [3.63, 3.8) is 0 Å². The summed E-state index contributed by atoms with van der Waals surface area (Å²) >= 11 is 0. The predicted octanol–water partition coefficient (Wildman–Crippen LogP) is 4.57. The molecule has 166 valence electrons. The molecule has 0 saturated heterocycles. The van der Waals surface area contributed by atoms with Gasteiger partial charge in [-0.1, -0.05) is 20.8 Å². The molecule has 0 aromatic rings. The third-order valence-electron chi connectivity index (χ3n) is 10.4. The van der Waals surface area contributed by atoms with Crippen molar-refractivity contribution in [2.75, 3.05) is 7.11 Å². The Bertz CT molecular complexity index is 620. The summed E-state index contributed by atoms with van der Waals surface area (Å²) in [6.07, 6.45) is 9.77. The lowest BCUT2D eigenvalue weighted by molar-refractivity contribution is -0.172. The summed E-state index contributed by atoms with van der Waals surface area (Å²) in [7, 11) is 1.48. The van der Waals surface area contributed by atoms with E-state index in [9.17, 15) is 15.0 Å². The molecule has 0 aromatic heterocycles. The van der Waals surface area contributed by atoms with E-state index >= 15 is 0 Å². The SMILES string of the molecule is COC(=O)CC[C@H](C)[C@@H]1CC[C@@H]2[C@H]3C[C@H](O)[C@H]4C[C@@H](O)CC[C@]4(C)[C@@H]3CC[C@@]21C. The van der Waals surface area contributed by atoms with Gasteiger partial charge in [0.2, 0.25) is 0 Å². The maximum Gasteiger partial charge on any atom is 0.305 e. The summed E-state index contributed by atoms with van der Waals surface area (Å²) in [6, 6.07) is 0. The van der Waals surface area contributed by atoms with Crippen LogP contribution in [0.3, 0.4) is 0 Å². The zero-order chi connectivity index (χ0) is 21.0. The van der Waals surface area contributed by atoms with E-state index < -0.39 is 0 Å². The minimum Gasteiger partial charge on any atom is -0.469 e. The van der Waals surface area contributed by atoms with Crippen LogP contribution in [-0.2, 0) is 9.53 Å². The van der Waals surface area contributed by atoms with Gasteiger partial charge in [0.1, 0.15) is 0 Å². The summed E-state index contributed by atoms with van der Waals surface area (Å²) in [5.41, 5.74) is 0.533. The van der Waals surface area contributed by atoms with Crippen molar-refractivity contribution in [1.82, 2.24) is 0 Å². The minimum absolute atomic E-state index is 0.0888. The highest BCUT2D eigenvalue weighted by Crippen LogP contribution is 2.68. The third-order valence-corrected chi connectivity index (χ3v) is 10.4. The van der Waals surface area contributed by atoms with Crippen LogP contribution in [0, 0.1) is 46.3 Å². The Balaban J connectivity index is 1.52. The molecule has 0 amide bonds. The number of aliphatic hydroxyl groups is 2. The molecule has 0 spiro atoms. The molecule has 4 fully saturated rings. The Labute approximate surface area is 176 Å². The minimum atomic E-state index is -0.255. The van der Waals surface area contributed by atoms with Gasteiger partial charge >= 0.3 is 5.97 Å². The molecule has 4 heteroatoms. The van der Waals surface area contributed by atoms with E-state index in [1.54, 1.807) is 0 Å². The molecule has 4 rings (SSSR count). The second-order valence-corrected chi connectivity index (χ2v) is 11.5. The first-order chi connectivity index (χ1) is 13.7.